The summed E-state index contributed by atoms with van der Waals surface area (Å²) in [7, 11) is -3.65. The Morgan fingerprint density at radius 2 is 1.97 bits per heavy atom. The van der Waals surface area contributed by atoms with Gasteiger partial charge < -0.3 is 9.73 Å². The third kappa shape index (κ3) is 6.66. The molecular weight excluding hydrogens is 428 g/mol. The molecule has 2 heterocycles. The zero-order chi connectivity index (χ0) is 23.1. The minimum absolute atomic E-state index is 0.0785. The first-order valence-electron chi connectivity index (χ1n) is 10.3. The van der Waals surface area contributed by atoms with Gasteiger partial charge in [-0.15, -0.1) is 0 Å². The van der Waals surface area contributed by atoms with Crippen LogP contribution >= 0.6 is 0 Å². The predicted molar refractivity (Wildman–Crippen MR) is 122 cm³/mol. The first kappa shape index (κ1) is 23.5. The Hall–Kier alpha value is -3.17. The third-order valence-electron chi connectivity index (χ3n) is 4.85. The van der Waals surface area contributed by atoms with Crippen LogP contribution in [0, 0.1) is 19.8 Å². The summed E-state index contributed by atoms with van der Waals surface area (Å²) in [6, 6.07) is 11.7. The zero-order valence-corrected chi connectivity index (χ0v) is 19.2. The molecular formula is C23H28N4O4S. The summed E-state index contributed by atoms with van der Waals surface area (Å²) in [6.07, 6.45) is 4.57. The summed E-state index contributed by atoms with van der Waals surface area (Å²) in [5.41, 5.74) is 2.80. The van der Waals surface area contributed by atoms with Crippen LogP contribution in [0.5, 0.6) is 0 Å². The number of aryl methyl sites for hydroxylation is 2. The lowest BCUT2D eigenvalue weighted by Gasteiger charge is -2.13. The molecule has 0 fully saturated rings. The molecule has 3 aromatic rings. The lowest BCUT2D eigenvalue weighted by molar-refractivity contribution is -0.116. The van der Waals surface area contributed by atoms with Crippen LogP contribution in [0.2, 0.25) is 0 Å². The molecule has 3 rings (SSSR count). The summed E-state index contributed by atoms with van der Waals surface area (Å²) < 4.78 is 34.3. The van der Waals surface area contributed by atoms with E-state index >= 15 is 0 Å². The molecule has 170 valence electrons. The Kier molecular flexibility index (Phi) is 7.66. The Bertz CT molecular complexity index is 1160. The Morgan fingerprint density at radius 3 is 2.59 bits per heavy atom. The number of nitrogens with one attached hydrogen (secondary N) is 2. The van der Waals surface area contributed by atoms with Crippen LogP contribution in [0.3, 0.4) is 0 Å². The fourth-order valence-corrected chi connectivity index (χ4v) is 4.14. The molecule has 2 aromatic heterocycles. The molecule has 0 saturated carbocycles. The summed E-state index contributed by atoms with van der Waals surface area (Å²) in [4.78, 5) is 12.3. The van der Waals surface area contributed by atoms with Crippen LogP contribution in [-0.2, 0) is 27.9 Å². The van der Waals surface area contributed by atoms with Gasteiger partial charge in [-0.25, -0.2) is 13.1 Å². The van der Waals surface area contributed by atoms with Gasteiger partial charge in [0.2, 0.25) is 15.9 Å². The number of nitrogens with zero attached hydrogens (tertiary/aromatic N) is 2. The average Bonchev–Trinajstić information content (AvgIpc) is 3.39. The molecule has 8 nitrogen and oxygen atoms in total. The number of amides is 1. The van der Waals surface area contributed by atoms with E-state index in [-0.39, 0.29) is 23.3 Å². The van der Waals surface area contributed by atoms with Crippen molar-refractivity contribution in [2.75, 3.05) is 6.54 Å². The van der Waals surface area contributed by atoms with Crippen molar-refractivity contribution in [1.82, 2.24) is 19.8 Å². The van der Waals surface area contributed by atoms with Gasteiger partial charge in [-0.1, -0.05) is 19.1 Å². The summed E-state index contributed by atoms with van der Waals surface area (Å²) >= 11 is 0. The topological polar surface area (TPSA) is 106 Å². The highest BCUT2D eigenvalue weighted by molar-refractivity contribution is 7.89. The van der Waals surface area contributed by atoms with Crippen LogP contribution in [0.1, 0.15) is 29.6 Å². The second kappa shape index (κ2) is 10.4. The van der Waals surface area contributed by atoms with E-state index in [1.54, 1.807) is 30.3 Å². The highest BCUT2D eigenvalue weighted by Crippen LogP contribution is 2.13. The number of carbonyl (C=O) groups is 1. The molecule has 1 amide bonds. The van der Waals surface area contributed by atoms with Crippen molar-refractivity contribution in [3.8, 4) is 0 Å². The second-order valence-corrected chi connectivity index (χ2v) is 9.53. The minimum Gasteiger partial charge on any atom is -0.468 e. The van der Waals surface area contributed by atoms with Crippen LogP contribution in [0.15, 0.2) is 64.1 Å². The number of hydrogen-bond donors (Lipinski definition) is 2. The molecule has 9 heteroatoms. The highest BCUT2D eigenvalue weighted by Gasteiger charge is 2.14. The van der Waals surface area contributed by atoms with Gasteiger partial charge in [0.05, 0.1) is 23.4 Å². The Morgan fingerprint density at radius 1 is 1.22 bits per heavy atom. The summed E-state index contributed by atoms with van der Waals surface area (Å²) in [5.74, 6) is 0.550. The van der Waals surface area contributed by atoms with Crippen molar-refractivity contribution >= 4 is 22.0 Å². The van der Waals surface area contributed by atoms with E-state index in [1.807, 2.05) is 24.6 Å². The summed E-state index contributed by atoms with van der Waals surface area (Å²) in [5, 5.41) is 7.32. The van der Waals surface area contributed by atoms with Crippen LogP contribution in [0.25, 0.3) is 6.08 Å². The number of carbonyl (C=O) groups excluding carboxylic acids is 1. The largest absolute Gasteiger partial charge is 0.468 e. The number of benzene rings is 1. The molecule has 1 aromatic carbocycles. The molecule has 32 heavy (non-hydrogen) atoms. The zero-order valence-electron chi connectivity index (χ0n) is 18.4. The third-order valence-corrected chi connectivity index (χ3v) is 6.26. The first-order valence-corrected chi connectivity index (χ1v) is 11.8. The van der Waals surface area contributed by atoms with E-state index in [2.05, 4.69) is 22.1 Å². The molecule has 0 spiro atoms. The molecule has 1 atom stereocenters. The first-order chi connectivity index (χ1) is 15.2. The van der Waals surface area contributed by atoms with E-state index in [0.29, 0.717) is 12.3 Å². The molecule has 0 aliphatic heterocycles. The van der Waals surface area contributed by atoms with E-state index in [9.17, 15) is 13.2 Å². The van der Waals surface area contributed by atoms with Gasteiger partial charge in [0.25, 0.3) is 0 Å². The fraction of sp³-hybridized carbons (Fsp3) is 0.304. The molecule has 0 aliphatic rings. The van der Waals surface area contributed by atoms with Crippen LogP contribution < -0.4 is 10.0 Å². The SMILES string of the molecule is Cc1cc(C)n(CC(C)CNC(=O)/C=C/c2ccc(S(=O)(=O)NCc3ccco3)cc2)n1. The fourth-order valence-electron chi connectivity index (χ4n) is 3.15. The molecule has 0 saturated heterocycles. The van der Waals surface area contributed by atoms with Crippen molar-refractivity contribution in [3.63, 3.8) is 0 Å². The summed E-state index contributed by atoms with van der Waals surface area (Å²) in [6.45, 7) is 7.36. The average molecular weight is 457 g/mol. The predicted octanol–water partition coefficient (Wildman–Crippen LogP) is 3.04. The van der Waals surface area contributed by atoms with Crippen molar-refractivity contribution in [2.45, 2.75) is 38.8 Å². The molecule has 0 radical (unpaired) electrons. The maximum atomic E-state index is 12.4. The van der Waals surface area contributed by atoms with Gasteiger partial charge in [0, 0.05) is 24.9 Å². The van der Waals surface area contributed by atoms with Gasteiger partial charge in [-0.2, -0.15) is 5.10 Å². The van der Waals surface area contributed by atoms with Gasteiger partial charge in [0.15, 0.2) is 0 Å². The van der Waals surface area contributed by atoms with Gasteiger partial charge in [0.1, 0.15) is 5.76 Å². The Balaban J connectivity index is 1.48. The number of rotatable bonds is 10. The quantitative estimate of drug-likeness (QED) is 0.456. The minimum atomic E-state index is -3.65. The van der Waals surface area contributed by atoms with Crippen molar-refractivity contribution in [2.24, 2.45) is 5.92 Å². The smallest absolute Gasteiger partial charge is 0.244 e. The monoisotopic (exact) mass is 456 g/mol. The van der Waals surface area contributed by atoms with Gasteiger partial charge in [-0.05, 0) is 61.7 Å². The lowest BCUT2D eigenvalue weighted by atomic mass is 10.1. The number of sulfonamides is 1. The number of hydrogen-bond acceptors (Lipinski definition) is 5. The van der Waals surface area contributed by atoms with Gasteiger partial charge in [-0.3, -0.25) is 9.48 Å². The van der Waals surface area contributed by atoms with Crippen molar-refractivity contribution < 1.29 is 17.6 Å². The molecule has 0 aliphatic carbocycles. The number of furan rings is 1. The highest BCUT2D eigenvalue weighted by atomic mass is 32.2. The molecule has 0 bridgehead atoms. The van der Waals surface area contributed by atoms with E-state index < -0.39 is 10.0 Å². The van der Waals surface area contributed by atoms with Crippen LogP contribution in [0.4, 0.5) is 0 Å². The van der Waals surface area contributed by atoms with E-state index in [4.69, 9.17) is 4.42 Å². The number of aromatic nitrogens is 2. The molecule has 2 N–H and O–H groups in total. The van der Waals surface area contributed by atoms with E-state index in [0.717, 1.165) is 23.5 Å². The molecule has 1 unspecified atom stereocenters. The maximum absolute atomic E-state index is 12.4. The van der Waals surface area contributed by atoms with Crippen LogP contribution in [-0.4, -0.2) is 30.7 Å². The normalized spacial score (nSPS) is 12.8. The lowest BCUT2D eigenvalue weighted by Crippen LogP contribution is -2.29. The Labute approximate surface area is 188 Å². The maximum Gasteiger partial charge on any atom is 0.244 e. The van der Waals surface area contributed by atoms with Crippen molar-refractivity contribution in [3.05, 3.63) is 77.5 Å². The van der Waals surface area contributed by atoms with Crippen molar-refractivity contribution in [1.29, 1.82) is 0 Å². The van der Waals surface area contributed by atoms with Gasteiger partial charge >= 0.3 is 0 Å². The van der Waals surface area contributed by atoms with E-state index in [1.165, 1.54) is 24.5 Å². The second-order valence-electron chi connectivity index (χ2n) is 7.77. The standard InChI is InChI=1S/C23H28N4O4S/c1-17(16-27-19(3)13-18(2)26-27)14-24-23(28)11-8-20-6-9-22(10-7-20)32(29,30)25-15-21-5-4-12-31-21/h4-13,17,25H,14-16H2,1-3H3,(H,24,28)/b11-8+.